The smallest absolute Gasteiger partial charge is 0.281 e. The number of benzene rings is 1. The fourth-order valence-corrected chi connectivity index (χ4v) is 3.58. The van der Waals surface area contributed by atoms with Gasteiger partial charge in [-0.2, -0.15) is 5.10 Å². The van der Waals surface area contributed by atoms with Crippen LogP contribution in [0.1, 0.15) is 29.4 Å². The summed E-state index contributed by atoms with van der Waals surface area (Å²) < 4.78 is 48.5. The molecule has 0 unspecified atom stereocenters. The van der Waals surface area contributed by atoms with Crippen molar-refractivity contribution in [2.75, 3.05) is 26.1 Å². The van der Waals surface area contributed by atoms with Crippen LogP contribution < -0.4 is 24.3 Å². The number of ether oxygens (including phenoxy) is 4. The van der Waals surface area contributed by atoms with Gasteiger partial charge in [-0.3, -0.25) is 14.5 Å². The molecule has 1 saturated carbocycles. The maximum absolute atomic E-state index is 12.8. The third-order valence-electron chi connectivity index (χ3n) is 5.50. The Hall–Kier alpha value is -4.55. The Bertz CT molecular complexity index is 1430. The average molecular weight is 512 g/mol. The normalized spacial score (nSPS) is 13.0. The molecule has 4 aromatic rings. The number of amides is 1. The van der Waals surface area contributed by atoms with E-state index in [1.54, 1.807) is 29.1 Å². The lowest BCUT2D eigenvalue weighted by atomic mass is 10.2. The summed E-state index contributed by atoms with van der Waals surface area (Å²) in [7, 11) is 3.07. The number of rotatable bonds is 10. The molecular formula is C24H22F2N6O5. The van der Waals surface area contributed by atoms with Gasteiger partial charge in [0.1, 0.15) is 12.4 Å². The maximum atomic E-state index is 12.8. The maximum Gasteiger partial charge on any atom is 0.281 e. The summed E-state index contributed by atoms with van der Waals surface area (Å²) in [6.45, 7) is -0.842. The number of aromatic nitrogens is 5. The van der Waals surface area contributed by atoms with Crippen LogP contribution in [0.3, 0.4) is 0 Å². The molecule has 192 valence electrons. The van der Waals surface area contributed by atoms with E-state index in [0.29, 0.717) is 28.2 Å². The first-order chi connectivity index (χ1) is 17.9. The van der Waals surface area contributed by atoms with Crippen LogP contribution in [0.5, 0.6) is 28.9 Å². The van der Waals surface area contributed by atoms with Crippen LogP contribution in [0.25, 0.3) is 10.9 Å². The lowest BCUT2D eigenvalue weighted by Crippen LogP contribution is -2.16. The van der Waals surface area contributed by atoms with Crippen LogP contribution in [0, 0.1) is 0 Å². The Morgan fingerprint density at radius 2 is 1.86 bits per heavy atom. The van der Waals surface area contributed by atoms with Crippen LogP contribution in [0.4, 0.5) is 14.6 Å². The third kappa shape index (κ3) is 5.34. The molecule has 3 heterocycles. The van der Waals surface area contributed by atoms with Crippen molar-refractivity contribution in [3.05, 3.63) is 48.4 Å². The Morgan fingerprint density at radius 3 is 2.54 bits per heavy atom. The van der Waals surface area contributed by atoms with Gasteiger partial charge in [0.05, 0.1) is 32.0 Å². The lowest BCUT2D eigenvalue weighted by molar-refractivity contribution is 0.0803. The molecule has 0 spiro atoms. The number of halogens is 2. The molecule has 3 aromatic heterocycles. The highest BCUT2D eigenvalue weighted by molar-refractivity contribution is 6.04. The van der Waals surface area contributed by atoms with Crippen molar-refractivity contribution in [1.29, 1.82) is 0 Å². The summed E-state index contributed by atoms with van der Waals surface area (Å²) >= 11 is 0. The summed E-state index contributed by atoms with van der Waals surface area (Å²) in [6.07, 6.45) is 2.16. The molecule has 1 aliphatic carbocycles. The van der Waals surface area contributed by atoms with Crippen LogP contribution in [-0.2, 0) is 0 Å². The van der Waals surface area contributed by atoms with Crippen molar-refractivity contribution < 1.29 is 32.5 Å². The van der Waals surface area contributed by atoms with E-state index < -0.39 is 18.9 Å². The van der Waals surface area contributed by atoms with Crippen LogP contribution in [0.2, 0.25) is 0 Å². The second-order valence-corrected chi connectivity index (χ2v) is 8.10. The molecule has 11 nitrogen and oxygen atoms in total. The zero-order valence-electron chi connectivity index (χ0n) is 19.9. The SMILES string of the molecule is COc1cc2nccc(Oc3ccc(NC(=O)c4nn(C5CC5)cc4OCC(F)F)nn3)c2cc1OC. The first-order valence-corrected chi connectivity index (χ1v) is 11.3. The number of nitrogens with one attached hydrogen (secondary N) is 1. The number of alkyl halides is 2. The fourth-order valence-electron chi connectivity index (χ4n) is 3.58. The van der Waals surface area contributed by atoms with Gasteiger partial charge in [0.25, 0.3) is 12.3 Å². The molecular weight excluding hydrogens is 490 g/mol. The first-order valence-electron chi connectivity index (χ1n) is 11.3. The van der Waals surface area contributed by atoms with E-state index in [1.165, 1.54) is 32.5 Å². The number of hydrogen-bond acceptors (Lipinski definition) is 9. The minimum atomic E-state index is -2.68. The molecule has 1 N–H and O–H groups in total. The number of methoxy groups -OCH3 is 2. The number of carbonyl (C=O) groups is 1. The lowest BCUT2D eigenvalue weighted by Gasteiger charge is -2.12. The van der Waals surface area contributed by atoms with Crippen molar-refractivity contribution in [3.63, 3.8) is 0 Å². The van der Waals surface area contributed by atoms with Crippen LogP contribution >= 0.6 is 0 Å². The zero-order valence-corrected chi connectivity index (χ0v) is 19.9. The van der Waals surface area contributed by atoms with E-state index in [1.807, 2.05) is 0 Å². The Balaban J connectivity index is 1.31. The minimum Gasteiger partial charge on any atom is -0.493 e. The number of fused-ring (bicyclic) bond motifs is 1. The van der Waals surface area contributed by atoms with Gasteiger partial charge in [0.2, 0.25) is 5.88 Å². The van der Waals surface area contributed by atoms with Crippen molar-refractivity contribution in [2.45, 2.75) is 25.3 Å². The van der Waals surface area contributed by atoms with E-state index in [4.69, 9.17) is 18.9 Å². The molecule has 37 heavy (non-hydrogen) atoms. The first kappa shape index (κ1) is 24.2. The second-order valence-electron chi connectivity index (χ2n) is 8.10. The Morgan fingerprint density at radius 1 is 1.08 bits per heavy atom. The highest BCUT2D eigenvalue weighted by atomic mass is 19.3. The van der Waals surface area contributed by atoms with E-state index in [2.05, 4.69) is 25.6 Å². The van der Waals surface area contributed by atoms with Gasteiger partial charge in [0.15, 0.2) is 28.8 Å². The highest BCUT2D eigenvalue weighted by Gasteiger charge is 2.29. The molecule has 0 aliphatic heterocycles. The molecule has 0 saturated heterocycles. The Labute approximate surface area is 209 Å². The van der Waals surface area contributed by atoms with Crippen molar-refractivity contribution in [3.8, 4) is 28.9 Å². The van der Waals surface area contributed by atoms with Crippen LogP contribution in [-0.4, -0.2) is 58.1 Å². The predicted molar refractivity (Wildman–Crippen MR) is 127 cm³/mol. The van der Waals surface area contributed by atoms with Gasteiger partial charge < -0.3 is 24.3 Å². The molecule has 0 radical (unpaired) electrons. The molecule has 1 amide bonds. The van der Waals surface area contributed by atoms with Gasteiger partial charge in [0, 0.05) is 23.7 Å². The highest BCUT2D eigenvalue weighted by Crippen LogP contribution is 2.37. The summed E-state index contributed by atoms with van der Waals surface area (Å²) in [4.78, 5) is 17.1. The number of carbonyl (C=O) groups excluding carboxylic acids is 1. The summed E-state index contributed by atoms with van der Waals surface area (Å²) in [6, 6.07) is 8.29. The van der Waals surface area contributed by atoms with Crippen molar-refractivity contribution in [2.24, 2.45) is 0 Å². The van der Waals surface area contributed by atoms with E-state index in [0.717, 1.165) is 12.8 Å². The largest absolute Gasteiger partial charge is 0.493 e. The molecule has 0 atom stereocenters. The molecule has 0 bridgehead atoms. The van der Waals surface area contributed by atoms with E-state index in [9.17, 15) is 13.6 Å². The molecule has 1 aliphatic rings. The predicted octanol–water partition coefficient (Wildman–Crippen LogP) is 4.26. The van der Waals surface area contributed by atoms with Gasteiger partial charge in [-0.15, -0.1) is 10.2 Å². The standard InChI is InChI=1S/C24H22F2N6O5/c1-34-17-9-14-15(10-18(17)35-2)27-8-7-16(14)37-22-6-5-21(29-30-22)28-24(33)23-19(36-12-20(25)26)11-32(31-23)13-3-4-13/h5-11,13,20H,3-4,12H2,1-2H3,(H,28,29,33). The molecule has 13 heteroatoms. The molecule has 1 fully saturated rings. The van der Waals surface area contributed by atoms with Crippen molar-refractivity contribution in [1.82, 2.24) is 25.0 Å². The molecule has 5 rings (SSSR count). The average Bonchev–Trinajstić information content (AvgIpc) is 3.66. The summed E-state index contributed by atoms with van der Waals surface area (Å²) in [5.41, 5.74) is 0.518. The van der Waals surface area contributed by atoms with Gasteiger partial charge in [-0.05, 0) is 31.0 Å². The fraction of sp³-hybridized carbons (Fsp3) is 0.292. The monoisotopic (exact) mass is 512 g/mol. The number of nitrogens with zero attached hydrogens (tertiary/aromatic N) is 5. The van der Waals surface area contributed by atoms with Gasteiger partial charge in [-0.25, -0.2) is 8.78 Å². The molecule has 1 aromatic carbocycles. The topological polar surface area (TPSA) is 123 Å². The number of anilines is 1. The zero-order chi connectivity index (χ0) is 25.9. The van der Waals surface area contributed by atoms with Gasteiger partial charge in [-0.1, -0.05) is 0 Å². The summed E-state index contributed by atoms with van der Waals surface area (Å²) in [5.74, 6) is 1.11. The van der Waals surface area contributed by atoms with Crippen molar-refractivity contribution >= 4 is 22.6 Å². The van der Waals surface area contributed by atoms with E-state index >= 15 is 0 Å². The Kier molecular flexibility index (Phi) is 6.66. The number of pyridine rings is 1. The quantitative estimate of drug-likeness (QED) is 0.332. The van der Waals surface area contributed by atoms with E-state index in [-0.39, 0.29) is 29.2 Å². The third-order valence-corrected chi connectivity index (χ3v) is 5.50. The van der Waals surface area contributed by atoms with Crippen LogP contribution in [0.15, 0.2) is 42.7 Å². The number of hydrogen-bond donors (Lipinski definition) is 1. The minimum absolute atomic E-state index is 0.0192. The van der Waals surface area contributed by atoms with Gasteiger partial charge >= 0.3 is 0 Å². The second kappa shape index (κ2) is 10.2. The summed E-state index contributed by atoms with van der Waals surface area (Å²) in [5, 5.41) is 15.4.